The normalized spacial score (nSPS) is 9.83. The number of hydrogen-bond donors (Lipinski definition) is 1. The molecule has 4 nitrogen and oxygen atoms in total. The predicted octanol–water partition coefficient (Wildman–Crippen LogP) is 3.85. The molecule has 18 heavy (non-hydrogen) atoms. The summed E-state index contributed by atoms with van der Waals surface area (Å²) < 4.78 is 7.11. The van der Waals surface area contributed by atoms with E-state index in [1.165, 1.54) is 0 Å². The van der Waals surface area contributed by atoms with E-state index in [-0.39, 0.29) is 0 Å². The van der Waals surface area contributed by atoms with Crippen molar-refractivity contribution in [2.45, 2.75) is 0 Å². The second-order valence-corrected chi connectivity index (χ2v) is 5.18. The van der Waals surface area contributed by atoms with Crippen LogP contribution in [0.3, 0.4) is 0 Å². The maximum atomic E-state index is 9.01. The largest absolute Gasteiger partial charge is 0.436 e. The summed E-state index contributed by atoms with van der Waals surface area (Å²) in [6.07, 6.45) is 1.61. The summed E-state index contributed by atoms with van der Waals surface area (Å²) >= 11 is 6.64. The summed E-state index contributed by atoms with van der Waals surface area (Å²) in [6, 6.07) is 8.71. The van der Waals surface area contributed by atoms with E-state index in [1.807, 2.05) is 12.1 Å². The number of nitriles is 1. The number of hydrogen-bond acceptors (Lipinski definition) is 4. The van der Waals surface area contributed by atoms with E-state index in [0.29, 0.717) is 27.4 Å². The third-order valence-electron chi connectivity index (χ3n) is 2.10. The Morgan fingerprint density at radius 2 is 2.06 bits per heavy atom. The Kier molecular flexibility index (Phi) is 3.84. The van der Waals surface area contributed by atoms with Gasteiger partial charge in [-0.1, -0.05) is 0 Å². The average Bonchev–Trinajstić information content (AvgIpc) is 2.34. The Morgan fingerprint density at radius 3 is 2.72 bits per heavy atom. The van der Waals surface area contributed by atoms with Crippen molar-refractivity contribution in [2.24, 2.45) is 0 Å². The van der Waals surface area contributed by atoms with Gasteiger partial charge in [0.05, 0.1) is 10.0 Å². The minimum atomic E-state index is 0.367. The molecule has 6 heteroatoms. The quantitative estimate of drug-likeness (QED) is 0.817. The van der Waals surface area contributed by atoms with E-state index >= 15 is 0 Å². The molecule has 1 aromatic heterocycles. The van der Waals surface area contributed by atoms with Crippen molar-refractivity contribution in [1.82, 2.24) is 4.98 Å². The topological polar surface area (TPSA) is 71.9 Å². The fourth-order valence-corrected chi connectivity index (χ4v) is 2.37. The zero-order chi connectivity index (χ0) is 13.1. The minimum absolute atomic E-state index is 0.367. The lowest BCUT2D eigenvalue weighted by Gasteiger charge is -2.08. The summed E-state index contributed by atoms with van der Waals surface area (Å²) in [5.41, 5.74) is 6.49. The van der Waals surface area contributed by atoms with Crippen LogP contribution in [0.2, 0.25) is 0 Å². The molecule has 0 atom stereocenters. The molecule has 0 bridgehead atoms. The van der Waals surface area contributed by atoms with Gasteiger partial charge in [0.2, 0.25) is 5.88 Å². The van der Waals surface area contributed by atoms with E-state index in [4.69, 9.17) is 15.7 Å². The van der Waals surface area contributed by atoms with E-state index < -0.39 is 0 Å². The molecular weight excluding hydrogens is 362 g/mol. The van der Waals surface area contributed by atoms with Crippen molar-refractivity contribution in [3.63, 3.8) is 0 Å². The van der Waals surface area contributed by atoms with Crippen molar-refractivity contribution < 1.29 is 4.74 Å². The van der Waals surface area contributed by atoms with Crippen LogP contribution >= 0.6 is 31.9 Å². The van der Waals surface area contributed by atoms with Crippen LogP contribution in [0.4, 0.5) is 5.69 Å². The molecular formula is C12H7Br2N3O. The first kappa shape index (κ1) is 12.9. The number of pyridine rings is 1. The van der Waals surface area contributed by atoms with Gasteiger partial charge in [0.15, 0.2) is 0 Å². The molecule has 2 aromatic rings. The lowest BCUT2D eigenvalue weighted by atomic mass is 10.2. The van der Waals surface area contributed by atoms with Crippen molar-refractivity contribution >= 4 is 37.5 Å². The van der Waals surface area contributed by atoms with E-state index in [1.54, 1.807) is 24.4 Å². The maximum Gasteiger partial charge on any atom is 0.233 e. The number of rotatable bonds is 2. The number of benzene rings is 1. The fraction of sp³-hybridized carbons (Fsp3) is 0. The van der Waals surface area contributed by atoms with Gasteiger partial charge in [-0.15, -0.1) is 0 Å². The molecule has 1 heterocycles. The number of nitrogens with zero attached hydrogens (tertiary/aromatic N) is 2. The molecule has 0 aliphatic rings. The molecule has 0 aliphatic heterocycles. The molecule has 0 saturated carbocycles. The first-order chi connectivity index (χ1) is 8.60. The highest BCUT2D eigenvalue weighted by molar-refractivity contribution is 9.11. The highest BCUT2D eigenvalue weighted by atomic mass is 79.9. The summed E-state index contributed by atoms with van der Waals surface area (Å²) in [4.78, 5) is 4.11. The van der Waals surface area contributed by atoms with Gasteiger partial charge in [0.1, 0.15) is 11.8 Å². The van der Waals surface area contributed by atoms with Crippen molar-refractivity contribution in [1.29, 1.82) is 5.26 Å². The molecule has 0 fully saturated rings. The molecule has 2 rings (SSSR count). The Morgan fingerprint density at radius 1 is 1.28 bits per heavy atom. The van der Waals surface area contributed by atoms with Crippen molar-refractivity contribution in [3.8, 4) is 17.7 Å². The number of halogens is 2. The summed E-state index contributed by atoms with van der Waals surface area (Å²) in [6.45, 7) is 0. The zero-order valence-corrected chi connectivity index (χ0v) is 12.2. The highest BCUT2D eigenvalue weighted by Crippen LogP contribution is 2.31. The highest BCUT2D eigenvalue weighted by Gasteiger charge is 2.09. The molecule has 0 spiro atoms. The van der Waals surface area contributed by atoms with Crippen LogP contribution in [0.1, 0.15) is 5.56 Å². The van der Waals surface area contributed by atoms with Gasteiger partial charge in [-0.05, 0) is 56.1 Å². The van der Waals surface area contributed by atoms with E-state index in [9.17, 15) is 0 Å². The average molecular weight is 369 g/mol. The molecule has 0 amide bonds. The molecule has 0 aliphatic carbocycles. The van der Waals surface area contributed by atoms with Crippen LogP contribution in [0, 0.1) is 11.3 Å². The molecule has 2 N–H and O–H groups in total. The van der Waals surface area contributed by atoms with Crippen LogP contribution < -0.4 is 10.5 Å². The monoisotopic (exact) mass is 367 g/mol. The number of nitrogens with two attached hydrogens (primary N) is 1. The van der Waals surface area contributed by atoms with Crippen LogP contribution in [-0.4, -0.2) is 4.98 Å². The Labute approximate surface area is 121 Å². The number of anilines is 1. The number of ether oxygens (including phenoxy) is 1. The Hall–Kier alpha value is -1.58. The van der Waals surface area contributed by atoms with Crippen LogP contribution in [-0.2, 0) is 0 Å². The Balaban J connectivity index is 2.37. The van der Waals surface area contributed by atoms with Crippen molar-refractivity contribution in [2.75, 3.05) is 5.73 Å². The number of aromatic nitrogens is 1. The zero-order valence-electron chi connectivity index (χ0n) is 9.02. The molecule has 0 radical (unpaired) electrons. The van der Waals surface area contributed by atoms with E-state index in [0.717, 1.165) is 4.47 Å². The molecule has 90 valence electrons. The predicted molar refractivity (Wildman–Crippen MR) is 75.3 cm³/mol. The summed E-state index contributed by atoms with van der Waals surface area (Å²) in [5.74, 6) is 0.807. The third kappa shape index (κ3) is 2.81. The van der Waals surface area contributed by atoms with Crippen molar-refractivity contribution in [3.05, 3.63) is 45.0 Å². The smallest absolute Gasteiger partial charge is 0.233 e. The van der Waals surface area contributed by atoms with Crippen LogP contribution in [0.5, 0.6) is 11.6 Å². The second kappa shape index (κ2) is 5.38. The van der Waals surface area contributed by atoms with Gasteiger partial charge < -0.3 is 10.5 Å². The molecule has 0 unspecified atom stereocenters. The summed E-state index contributed by atoms with van der Waals surface area (Å²) in [5, 5.41) is 9.01. The molecule has 1 aromatic carbocycles. The van der Waals surface area contributed by atoms with Gasteiger partial charge in [0, 0.05) is 16.4 Å². The van der Waals surface area contributed by atoms with Gasteiger partial charge in [0.25, 0.3) is 0 Å². The van der Waals surface area contributed by atoms with Gasteiger partial charge in [-0.2, -0.15) is 5.26 Å². The SMILES string of the molecule is N#Cc1cc(N)ccc1Oc1ncc(Br)cc1Br. The maximum absolute atomic E-state index is 9.01. The Bertz CT molecular complexity index is 638. The lowest BCUT2D eigenvalue weighted by Crippen LogP contribution is -1.93. The number of nitrogen functional groups attached to an aromatic ring is 1. The van der Waals surface area contributed by atoms with Crippen LogP contribution in [0.15, 0.2) is 39.4 Å². The van der Waals surface area contributed by atoms with E-state index in [2.05, 4.69) is 36.8 Å². The first-order valence-corrected chi connectivity index (χ1v) is 6.47. The minimum Gasteiger partial charge on any atom is -0.436 e. The van der Waals surface area contributed by atoms with Gasteiger partial charge in [-0.25, -0.2) is 4.98 Å². The second-order valence-electron chi connectivity index (χ2n) is 3.41. The van der Waals surface area contributed by atoms with Gasteiger partial charge >= 0.3 is 0 Å². The standard InChI is InChI=1S/C12H7Br2N3O/c13-8-4-10(14)12(17-6-8)18-11-2-1-9(16)3-7(11)5-15/h1-4,6H,16H2. The third-order valence-corrected chi connectivity index (χ3v) is 3.11. The first-order valence-electron chi connectivity index (χ1n) is 4.88. The fourth-order valence-electron chi connectivity index (χ4n) is 1.31. The lowest BCUT2D eigenvalue weighted by molar-refractivity contribution is 0.458. The molecule has 0 saturated heterocycles. The van der Waals surface area contributed by atoms with Gasteiger partial charge in [-0.3, -0.25) is 0 Å². The summed E-state index contributed by atoms with van der Waals surface area (Å²) in [7, 11) is 0. The van der Waals surface area contributed by atoms with Crippen LogP contribution in [0.25, 0.3) is 0 Å².